The molecule has 0 amide bonds. The van der Waals surface area contributed by atoms with Gasteiger partial charge in [0.05, 0.1) is 22.8 Å². The minimum Gasteiger partial charge on any atom is -0.486 e. The monoisotopic (exact) mass is 549 g/mol. The molecular weight excluding hydrogens is 518 g/mol. The predicted octanol–water partition coefficient (Wildman–Crippen LogP) is 4.20. The number of nitrogens with zero attached hydrogens (tertiary/aromatic N) is 4. The maximum atomic E-state index is 14.1. The Morgan fingerprint density at radius 2 is 1.90 bits per heavy atom. The van der Waals surface area contributed by atoms with Gasteiger partial charge in [-0.2, -0.15) is 0 Å². The lowest BCUT2D eigenvalue weighted by Gasteiger charge is -2.36. The van der Waals surface area contributed by atoms with Crippen molar-refractivity contribution in [1.82, 2.24) is 15.2 Å². The zero-order chi connectivity index (χ0) is 27.7. The van der Waals surface area contributed by atoms with Crippen LogP contribution in [-0.4, -0.2) is 50.3 Å². The van der Waals surface area contributed by atoms with E-state index in [4.69, 9.17) is 14.1 Å². The van der Waals surface area contributed by atoms with E-state index in [2.05, 4.69) is 10.2 Å². The average molecular weight is 550 g/mol. The molecule has 0 radical (unpaired) electrons. The van der Waals surface area contributed by atoms with Gasteiger partial charge >= 0.3 is 5.76 Å². The van der Waals surface area contributed by atoms with Gasteiger partial charge in [-0.1, -0.05) is 32.0 Å². The summed E-state index contributed by atoms with van der Waals surface area (Å²) in [5.74, 6) is 1.03. The molecule has 0 bridgehead atoms. The molecule has 1 aliphatic rings. The van der Waals surface area contributed by atoms with Crippen molar-refractivity contribution in [3.63, 3.8) is 0 Å². The number of pyridine rings is 1. The van der Waals surface area contributed by atoms with Crippen LogP contribution in [0.25, 0.3) is 11.3 Å². The van der Waals surface area contributed by atoms with E-state index in [1.165, 1.54) is 4.31 Å². The lowest BCUT2D eigenvalue weighted by molar-refractivity contribution is 0.187. The van der Waals surface area contributed by atoms with Crippen molar-refractivity contribution < 1.29 is 17.6 Å². The van der Waals surface area contributed by atoms with E-state index < -0.39 is 21.9 Å². The number of rotatable bonds is 8. The number of ether oxygens (including phenoxy) is 1. The third kappa shape index (κ3) is 5.53. The van der Waals surface area contributed by atoms with Crippen molar-refractivity contribution in [2.75, 3.05) is 29.8 Å². The summed E-state index contributed by atoms with van der Waals surface area (Å²) in [7, 11) is -0.0996. The van der Waals surface area contributed by atoms with E-state index in [-0.39, 0.29) is 23.2 Å². The summed E-state index contributed by atoms with van der Waals surface area (Å²) in [4.78, 5) is 18.2. The number of sulfonamides is 1. The quantitative estimate of drug-likeness (QED) is 0.347. The van der Waals surface area contributed by atoms with E-state index in [1.54, 1.807) is 24.3 Å². The normalized spacial score (nSPS) is 15.2. The molecule has 4 aromatic rings. The third-order valence-corrected chi connectivity index (χ3v) is 8.43. The van der Waals surface area contributed by atoms with E-state index >= 15 is 0 Å². The highest BCUT2D eigenvalue weighted by Gasteiger charge is 2.35. The third-order valence-electron chi connectivity index (χ3n) is 6.65. The molecule has 2 aromatic carbocycles. The van der Waals surface area contributed by atoms with Crippen LogP contribution in [0.5, 0.6) is 5.75 Å². The van der Waals surface area contributed by atoms with E-state index in [1.807, 2.05) is 69.2 Å². The highest BCUT2D eigenvalue weighted by molar-refractivity contribution is 7.92. The van der Waals surface area contributed by atoms with Crippen molar-refractivity contribution >= 4 is 21.5 Å². The molecule has 2 aromatic heterocycles. The molecule has 3 heterocycles. The zero-order valence-corrected chi connectivity index (χ0v) is 23.1. The number of aromatic amines is 1. The van der Waals surface area contributed by atoms with Gasteiger partial charge in [-0.05, 0) is 60.4 Å². The molecule has 1 unspecified atom stereocenters. The molecular formula is C28H31N5O5S. The first-order valence-electron chi connectivity index (χ1n) is 12.7. The van der Waals surface area contributed by atoms with E-state index in [9.17, 15) is 13.2 Å². The first kappa shape index (κ1) is 26.5. The van der Waals surface area contributed by atoms with Gasteiger partial charge in [-0.3, -0.25) is 4.31 Å². The summed E-state index contributed by atoms with van der Waals surface area (Å²) in [5.41, 5.74) is 2.88. The Bertz CT molecular complexity index is 1640. The number of aryl methyl sites for hydroxylation is 1. The SMILES string of the molecule is CC(C)c1cccc(S(=O)(=O)N2CC(CCc3n[nH]c(=O)o3)Oc3ccc(-c4cccc(N(C)C)n4)cc32)c1. The number of fused-ring (bicyclic) bond motifs is 1. The number of hydrogen-bond donors (Lipinski definition) is 1. The first-order valence-corrected chi connectivity index (χ1v) is 14.2. The average Bonchev–Trinajstić information content (AvgIpc) is 3.36. The molecule has 5 rings (SSSR count). The van der Waals surface area contributed by atoms with E-state index in [0.717, 1.165) is 22.6 Å². The lowest BCUT2D eigenvalue weighted by Crippen LogP contribution is -2.43. The Kier molecular flexibility index (Phi) is 7.17. The van der Waals surface area contributed by atoms with Crippen LogP contribution in [0, 0.1) is 0 Å². The second-order valence-corrected chi connectivity index (χ2v) is 11.9. The molecule has 0 aliphatic carbocycles. The molecule has 0 spiro atoms. The Hall–Kier alpha value is -4.12. The molecule has 0 saturated heterocycles. The highest BCUT2D eigenvalue weighted by Crippen LogP contribution is 2.40. The molecule has 1 aliphatic heterocycles. The van der Waals surface area contributed by atoms with Crippen LogP contribution in [0.1, 0.15) is 37.6 Å². The van der Waals surface area contributed by atoms with Crippen LogP contribution in [0.15, 0.2) is 74.8 Å². The van der Waals surface area contributed by atoms with Crippen LogP contribution >= 0.6 is 0 Å². The maximum Gasteiger partial charge on any atom is 0.434 e. The van der Waals surface area contributed by atoms with Gasteiger partial charge in [0.15, 0.2) is 0 Å². The van der Waals surface area contributed by atoms with Crippen molar-refractivity contribution in [1.29, 1.82) is 0 Å². The molecule has 1 atom stereocenters. The van der Waals surface area contributed by atoms with Crippen LogP contribution in [-0.2, 0) is 16.4 Å². The number of nitrogens with one attached hydrogen (secondary N) is 1. The molecule has 1 N–H and O–H groups in total. The molecule has 0 saturated carbocycles. The number of benzene rings is 2. The van der Waals surface area contributed by atoms with Crippen LogP contribution in [0.3, 0.4) is 0 Å². The molecule has 0 fully saturated rings. The lowest BCUT2D eigenvalue weighted by atomic mass is 10.0. The van der Waals surface area contributed by atoms with Crippen LogP contribution in [0.2, 0.25) is 0 Å². The van der Waals surface area contributed by atoms with Crippen LogP contribution < -0.4 is 19.7 Å². The Morgan fingerprint density at radius 3 is 2.62 bits per heavy atom. The van der Waals surface area contributed by atoms with Gasteiger partial charge in [0.1, 0.15) is 17.7 Å². The molecule has 10 nitrogen and oxygen atoms in total. The summed E-state index contributed by atoms with van der Waals surface area (Å²) >= 11 is 0. The van der Waals surface area contributed by atoms with Gasteiger partial charge < -0.3 is 14.1 Å². The molecule has 204 valence electrons. The Labute approximate surface area is 227 Å². The number of hydrogen-bond acceptors (Lipinski definition) is 8. The largest absolute Gasteiger partial charge is 0.486 e. The number of H-pyrrole nitrogens is 1. The van der Waals surface area contributed by atoms with Crippen molar-refractivity contribution in [3.05, 3.63) is 82.7 Å². The summed E-state index contributed by atoms with van der Waals surface area (Å²) in [5, 5.41) is 6.09. The Balaban J connectivity index is 1.55. The van der Waals surface area contributed by atoms with Gasteiger partial charge in [0, 0.05) is 26.1 Å². The topological polar surface area (TPSA) is 122 Å². The zero-order valence-electron chi connectivity index (χ0n) is 22.3. The number of anilines is 2. The second kappa shape index (κ2) is 10.6. The fraction of sp³-hybridized carbons (Fsp3) is 0.321. The predicted molar refractivity (Wildman–Crippen MR) is 149 cm³/mol. The standard InChI is InChI=1S/C28H31N5O5S/c1-18(2)19-7-5-8-22(15-19)39(35,36)33-17-21(12-14-27-30-31-28(34)38-27)37-25-13-11-20(16-24(25)33)23-9-6-10-26(29-23)32(3)4/h5-11,13,15-16,18,21H,12,14,17H2,1-4H3,(H,31,34). The van der Waals surface area contributed by atoms with Gasteiger partial charge in [-0.25, -0.2) is 23.3 Å². The minimum atomic E-state index is -3.93. The fourth-order valence-electron chi connectivity index (χ4n) is 4.50. The van der Waals surface area contributed by atoms with Crippen LogP contribution in [0.4, 0.5) is 11.5 Å². The Morgan fingerprint density at radius 1 is 1.10 bits per heavy atom. The summed E-state index contributed by atoms with van der Waals surface area (Å²) in [6, 6.07) is 18.2. The summed E-state index contributed by atoms with van der Waals surface area (Å²) in [6.45, 7) is 4.14. The van der Waals surface area contributed by atoms with E-state index in [0.29, 0.717) is 24.3 Å². The highest BCUT2D eigenvalue weighted by atomic mass is 32.2. The summed E-state index contributed by atoms with van der Waals surface area (Å²) in [6.07, 6.45) is 0.234. The fourth-order valence-corrected chi connectivity index (χ4v) is 6.05. The van der Waals surface area contributed by atoms with Crippen molar-refractivity contribution in [2.45, 2.75) is 43.6 Å². The molecule has 39 heavy (non-hydrogen) atoms. The molecule has 11 heteroatoms. The summed E-state index contributed by atoms with van der Waals surface area (Å²) < 4.78 is 40.9. The van der Waals surface area contributed by atoms with Gasteiger partial charge in [0.2, 0.25) is 5.89 Å². The number of aromatic nitrogens is 3. The van der Waals surface area contributed by atoms with Gasteiger partial charge in [0.25, 0.3) is 10.0 Å². The van der Waals surface area contributed by atoms with Gasteiger partial charge in [-0.15, -0.1) is 5.10 Å². The second-order valence-electron chi connectivity index (χ2n) is 10.0. The van der Waals surface area contributed by atoms with Crippen molar-refractivity contribution in [2.24, 2.45) is 0 Å². The van der Waals surface area contributed by atoms with Crippen molar-refractivity contribution in [3.8, 4) is 17.0 Å². The minimum absolute atomic E-state index is 0.0878. The maximum absolute atomic E-state index is 14.1. The smallest absolute Gasteiger partial charge is 0.434 e. The first-order chi connectivity index (χ1) is 18.6.